The predicted octanol–water partition coefficient (Wildman–Crippen LogP) is 3.31. The fourth-order valence-corrected chi connectivity index (χ4v) is 4.54. The highest BCUT2D eigenvalue weighted by atomic mass is 16.5. The number of carbonyl (C=O) groups excluding carboxylic acids is 1. The Morgan fingerprint density at radius 1 is 1.27 bits per heavy atom. The molecular weight excluding hydrogens is 418 g/mol. The van der Waals surface area contributed by atoms with Crippen molar-refractivity contribution in [3.63, 3.8) is 0 Å². The molecule has 1 fully saturated rings. The Labute approximate surface area is 193 Å². The van der Waals surface area contributed by atoms with E-state index in [0.29, 0.717) is 36.3 Å². The van der Waals surface area contributed by atoms with Gasteiger partial charge >= 0.3 is 0 Å². The van der Waals surface area contributed by atoms with Gasteiger partial charge in [-0.3, -0.25) is 19.4 Å². The number of nitrogens with zero attached hydrogens (tertiary/aromatic N) is 3. The molecule has 176 valence electrons. The van der Waals surface area contributed by atoms with Crippen LogP contribution in [0, 0.1) is 12.3 Å². The summed E-state index contributed by atoms with van der Waals surface area (Å²) < 4.78 is 8.86. The molecule has 33 heavy (non-hydrogen) atoms. The monoisotopic (exact) mass is 451 g/mol. The molecule has 0 unspecified atom stereocenters. The molecule has 2 N–H and O–H groups in total. The van der Waals surface area contributed by atoms with Gasteiger partial charge in [0.15, 0.2) is 0 Å². The SMILES string of the molecule is Cc1cccn2c(=O)c3cc(C(=O)NC4CCCCC4)c(=N)n(CCCOC(C)C)c3nc12. The third-order valence-corrected chi connectivity index (χ3v) is 6.30. The van der Waals surface area contributed by atoms with Gasteiger partial charge < -0.3 is 14.6 Å². The largest absolute Gasteiger partial charge is 0.379 e. The predicted molar refractivity (Wildman–Crippen MR) is 128 cm³/mol. The molecule has 0 aromatic carbocycles. The highest BCUT2D eigenvalue weighted by Crippen LogP contribution is 2.18. The number of aromatic nitrogens is 3. The molecule has 0 saturated heterocycles. The minimum Gasteiger partial charge on any atom is -0.379 e. The van der Waals surface area contributed by atoms with Crippen LogP contribution in [-0.2, 0) is 11.3 Å². The number of nitrogens with one attached hydrogen (secondary N) is 2. The molecule has 1 aliphatic carbocycles. The van der Waals surface area contributed by atoms with Crippen LogP contribution >= 0.6 is 0 Å². The molecule has 0 bridgehead atoms. The lowest BCUT2D eigenvalue weighted by molar-refractivity contribution is 0.0748. The molecule has 3 aromatic rings. The van der Waals surface area contributed by atoms with Crippen LogP contribution in [0.4, 0.5) is 0 Å². The Balaban J connectivity index is 1.82. The smallest absolute Gasteiger partial charge is 0.267 e. The first-order valence-corrected chi connectivity index (χ1v) is 11.9. The van der Waals surface area contributed by atoms with Gasteiger partial charge in [0.1, 0.15) is 16.8 Å². The van der Waals surface area contributed by atoms with Crippen LogP contribution < -0.4 is 16.4 Å². The van der Waals surface area contributed by atoms with Crippen molar-refractivity contribution in [3.8, 4) is 0 Å². The second kappa shape index (κ2) is 9.87. The highest BCUT2D eigenvalue weighted by Gasteiger charge is 2.21. The van der Waals surface area contributed by atoms with Crippen molar-refractivity contribution in [2.24, 2.45) is 0 Å². The zero-order chi connectivity index (χ0) is 23.5. The van der Waals surface area contributed by atoms with Crippen molar-refractivity contribution >= 4 is 22.6 Å². The number of ether oxygens (including phenoxy) is 1. The first kappa shape index (κ1) is 23.2. The summed E-state index contributed by atoms with van der Waals surface area (Å²) in [5, 5.41) is 12.3. The summed E-state index contributed by atoms with van der Waals surface area (Å²) in [4.78, 5) is 31.3. The fraction of sp³-hybridized carbons (Fsp3) is 0.520. The number of rotatable bonds is 7. The van der Waals surface area contributed by atoms with Gasteiger partial charge in [-0.05, 0) is 57.7 Å². The van der Waals surface area contributed by atoms with E-state index in [4.69, 9.17) is 15.1 Å². The molecule has 3 heterocycles. The van der Waals surface area contributed by atoms with E-state index in [0.717, 1.165) is 31.2 Å². The molecule has 1 aliphatic rings. The van der Waals surface area contributed by atoms with Crippen molar-refractivity contribution in [1.29, 1.82) is 5.41 Å². The summed E-state index contributed by atoms with van der Waals surface area (Å²) >= 11 is 0. The average Bonchev–Trinajstić information content (AvgIpc) is 2.79. The van der Waals surface area contributed by atoms with Crippen LogP contribution in [-0.4, -0.2) is 38.6 Å². The summed E-state index contributed by atoms with van der Waals surface area (Å²) in [6.45, 7) is 6.82. The summed E-state index contributed by atoms with van der Waals surface area (Å²) in [5.41, 5.74) is 1.91. The zero-order valence-electron chi connectivity index (χ0n) is 19.7. The minimum atomic E-state index is -0.297. The van der Waals surface area contributed by atoms with Crippen molar-refractivity contribution in [3.05, 3.63) is 51.4 Å². The lowest BCUT2D eigenvalue weighted by Gasteiger charge is -2.23. The number of hydrogen-bond acceptors (Lipinski definition) is 5. The van der Waals surface area contributed by atoms with Crippen LogP contribution in [0.5, 0.6) is 0 Å². The van der Waals surface area contributed by atoms with Crippen LogP contribution in [0.2, 0.25) is 0 Å². The fourth-order valence-electron chi connectivity index (χ4n) is 4.54. The topological polar surface area (TPSA) is 101 Å². The molecule has 3 aromatic heterocycles. The Morgan fingerprint density at radius 2 is 2.03 bits per heavy atom. The van der Waals surface area contributed by atoms with Crippen molar-refractivity contribution < 1.29 is 9.53 Å². The number of pyridine rings is 2. The van der Waals surface area contributed by atoms with Crippen molar-refractivity contribution in [2.45, 2.75) is 78.0 Å². The molecule has 0 aliphatic heterocycles. The third-order valence-electron chi connectivity index (χ3n) is 6.30. The second-order valence-corrected chi connectivity index (χ2v) is 9.18. The standard InChI is InChI=1S/C25H33N5O3/c1-16(2)33-14-8-13-29-21(26)19(24(31)27-18-10-5-4-6-11-18)15-20-23(29)28-22-17(3)9-7-12-30(22)25(20)32/h7,9,12,15-16,18,26H,4-6,8,10-11,13-14H2,1-3H3,(H,27,31). The van der Waals surface area contributed by atoms with E-state index in [2.05, 4.69) is 5.32 Å². The zero-order valence-corrected chi connectivity index (χ0v) is 19.7. The first-order valence-electron chi connectivity index (χ1n) is 11.9. The van der Waals surface area contributed by atoms with E-state index in [-0.39, 0.29) is 34.7 Å². The molecule has 8 heteroatoms. The number of fused-ring (bicyclic) bond motifs is 2. The molecule has 0 radical (unpaired) electrons. The third kappa shape index (κ3) is 4.85. The van der Waals surface area contributed by atoms with Gasteiger partial charge in [0.25, 0.3) is 11.5 Å². The molecule has 1 saturated carbocycles. The maximum Gasteiger partial charge on any atom is 0.267 e. The quantitative estimate of drug-likeness (QED) is 0.425. The Hall–Kier alpha value is -3.00. The summed E-state index contributed by atoms with van der Waals surface area (Å²) in [6, 6.07) is 5.38. The maximum absolute atomic E-state index is 13.4. The molecule has 0 atom stereocenters. The van der Waals surface area contributed by atoms with Gasteiger partial charge in [-0.1, -0.05) is 25.3 Å². The Bertz CT molecular complexity index is 1290. The Morgan fingerprint density at radius 3 is 2.76 bits per heavy atom. The molecule has 8 nitrogen and oxygen atoms in total. The van der Waals surface area contributed by atoms with E-state index in [1.165, 1.54) is 10.8 Å². The van der Waals surface area contributed by atoms with E-state index in [1.54, 1.807) is 16.8 Å². The maximum atomic E-state index is 13.4. The lowest BCUT2D eigenvalue weighted by atomic mass is 9.95. The van der Waals surface area contributed by atoms with Crippen molar-refractivity contribution in [2.75, 3.05) is 6.61 Å². The number of aryl methyl sites for hydroxylation is 2. The number of carbonyl (C=O) groups is 1. The van der Waals surface area contributed by atoms with Crippen molar-refractivity contribution in [1.82, 2.24) is 19.3 Å². The number of hydrogen-bond donors (Lipinski definition) is 2. The molecule has 4 rings (SSSR count). The van der Waals surface area contributed by atoms with Crippen LogP contribution in [0.25, 0.3) is 16.7 Å². The Kier molecular flexibility index (Phi) is 6.93. The van der Waals surface area contributed by atoms with E-state index in [1.807, 2.05) is 32.9 Å². The molecule has 0 spiro atoms. The average molecular weight is 452 g/mol. The number of amides is 1. The summed E-state index contributed by atoms with van der Waals surface area (Å²) in [6.07, 6.45) is 7.75. The van der Waals surface area contributed by atoms with E-state index >= 15 is 0 Å². The van der Waals surface area contributed by atoms with Gasteiger partial charge in [0.2, 0.25) is 0 Å². The van der Waals surface area contributed by atoms with E-state index in [9.17, 15) is 9.59 Å². The van der Waals surface area contributed by atoms with Gasteiger partial charge in [-0.2, -0.15) is 0 Å². The van der Waals surface area contributed by atoms with Gasteiger partial charge in [-0.15, -0.1) is 0 Å². The lowest BCUT2D eigenvalue weighted by Crippen LogP contribution is -2.40. The summed E-state index contributed by atoms with van der Waals surface area (Å²) in [7, 11) is 0. The van der Waals surface area contributed by atoms with Crippen LogP contribution in [0.1, 0.15) is 68.3 Å². The molecular formula is C25H33N5O3. The van der Waals surface area contributed by atoms with Crippen LogP contribution in [0.3, 0.4) is 0 Å². The second-order valence-electron chi connectivity index (χ2n) is 9.18. The van der Waals surface area contributed by atoms with Gasteiger partial charge in [0, 0.05) is 25.4 Å². The van der Waals surface area contributed by atoms with Gasteiger partial charge in [0.05, 0.1) is 17.1 Å². The first-order chi connectivity index (χ1) is 15.9. The molecule has 1 amide bonds. The summed E-state index contributed by atoms with van der Waals surface area (Å²) in [5.74, 6) is -0.297. The highest BCUT2D eigenvalue weighted by molar-refractivity contribution is 5.97. The van der Waals surface area contributed by atoms with E-state index < -0.39 is 0 Å². The normalized spacial score (nSPS) is 14.9. The van der Waals surface area contributed by atoms with Gasteiger partial charge in [-0.25, -0.2) is 4.98 Å². The van der Waals surface area contributed by atoms with Crippen LogP contribution in [0.15, 0.2) is 29.2 Å². The minimum absolute atomic E-state index is 0.0743.